The van der Waals surface area contributed by atoms with Crippen molar-refractivity contribution in [3.8, 4) is 0 Å². The molecule has 100 valence electrons. The van der Waals surface area contributed by atoms with Gasteiger partial charge < -0.3 is 11.1 Å². The third kappa shape index (κ3) is 3.37. The minimum Gasteiger partial charge on any atom is -0.397 e. The van der Waals surface area contributed by atoms with Gasteiger partial charge >= 0.3 is 0 Å². The molecule has 2 rings (SSSR count). The van der Waals surface area contributed by atoms with E-state index in [4.69, 9.17) is 5.73 Å². The first-order chi connectivity index (χ1) is 8.69. The molecule has 3 heteroatoms. The van der Waals surface area contributed by atoms with Gasteiger partial charge in [0.1, 0.15) is 5.82 Å². The molecule has 0 radical (unpaired) electrons. The highest BCUT2D eigenvalue weighted by molar-refractivity contribution is 5.66. The van der Waals surface area contributed by atoms with Crippen LogP contribution in [0.3, 0.4) is 0 Å². The molecule has 0 amide bonds. The van der Waals surface area contributed by atoms with E-state index in [0.29, 0.717) is 11.7 Å². The van der Waals surface area contributed by atoms with E-state index in [9.17, 15) is 4.39 Å². The van der Waals surface area contributed by atoms with Crippen LogP contribution in [0.4, 0.5) is 15.8 Å². The number of hydrogen-bond acceptors (Lipinski definition) is 2. The molecule has 18 heavy (non-hydrogen) atoms. The molecule has 3 N–H and O–H groups in total. The third-order valence-corrected chi connectivity index (χ3v) is 3.92. The second-order valence-corrected chi connectivity index (χ2v) is 5.38. The molecular formula is C15H23FN2. The molecular weight excluding hydrogens is 227 g/mol. The molecule has 0 aromatic heterocycles. The van der Waals surface area contributed by atoms with Gasteiger partial charge in [-0.05, 0) is 49.8 Å². The van der Waals surface area contributed by atoms with Gasteiger partial charge in [0.15, 0.2) is 0 Å². The fourth-order valence-corrected chi connectivity index (χ4v) is 2.89. The highest BCUT2D eigenvalue weighted by Crippen LogP contribution is 2.30. The van der Waals surface area contributed by atoms with E-state index in [0.717, 1.165) is 11.6 Å². The first kappa shape index (κ1) is 13.2. The lowest BCUT2D eigenvalue weighted by atomic mass is 9.83. The van der Waals surface area contributed by atoms with Crippen LogP contribution in [0.1, 0.15) is 45.4 Å². The molecule has 2 nitrogen and oxygen atoms in total. The molecule has 0 saturated heterocycles. The van der Waals surface area contributed by atoms with Crippen LogP contribution < -0.4 is 11.1 Å². The van der Waals surface area contributed by atoms with Crippen LogP contribution in [0.5, 0.6) is 0 Å². The monoisotopic (exact) mass is 250 g/mol. The number of nitrogens with two attached hydrogens (primary N) is 1. The van der Waals surface area contributed by atoms with Crippen molar-refractivity contribution in [2.45, 2.75) is 51.5 Å². The van der Waals surface area contributed by atoms with Crippen LogP contribution in [-0.2, 0) is 0 Å². The smallest absolute Gasteiger partial charge is 0.125 e. The summed E-state index contributed by atoms with van der Waals surface area (Å²) in [5, 5.41) is 3.45. The molecule has 0 heterocycles. The zero-order valence-electron chi connectivity index (χ0n) is 11.1. The van der Waals surface area contributed by atoms with Gasteiger partial charge in [0, 0.05) is 6.04 Å². The largest absolute Gasteiger partial charge is 0.397 e. The van der Waals surface area contributed by atoms with Gasteiger partial charge in [-0.2, -0.15) is 0 Å². The van der Waals surface area contributed by atoms with Gasteiger partial charge in [0.2, 0.25) is 0 Å². The van der Waals surface area contributed by atoms with E-state index in [-0.39, 0.29) is 5.82 Å². The van der Waals surface area contributed by atoms with Crippen LogP contribution in [0.2, 0.25) is 0 Å². The standard InChI is InChI=1S/C15H23FN2/c1-2-3-11-4-7-13(8-5-11)18-15-9-6-12(16)10-14(15)17/h6,9-11,13,18H,2-5,7-8,17H2,1H3. The molecule has 0 aliphatic heterocycles. The number of nitrogens with one attached hydrogen (secondary N) is 1. The third-order valence-electron chi connectivity index (χ3n) is 3.92. The van der Waals surface area contributed by atoms with E-state index >= 15 is 0 Å². The predicted octanol–water partition coefficient (Wildman–Crippen LogP) is 4.18. The SMILES string of the molecule is CCCC1CCC(Nc2ccc(F)cc2N)CC1. The molecule has 1 fully saturated rings. The normalized spacial score (nSPS) is 23.9. The topological polar surface area (TPSA) is 38.0 Å². The van der Waals surface area contributed by atoms with Gasteiger partial charge in [-0.1, -0.05) is 19.8 Å². The summed E-state index contributed by atoms with van der Waals surface area (Å²) in [5.41, 5.74) is 7.19. The number of anilines is 2. The number of rotatable bonds is 4. The Morgan fingerprint density at radius 1 is 1.28 bits per heavy atom. The Bertz CT molecular complexity index is 384. The van der Waals surface area contributed by atoms with Crippen molar-refractivity contribution < 1.29 is 4.39 Å². The Morgan fingerprint density at radius 3 is 2.61 bits per heavy atom. The maximum atomic E-state index is 13.0. The Balaban J connectivity index is 1.87. The van der Waals surface area contributed by atoms with Gasteiger partial charge in [0.05, 0.1) is 11.4 Å². The first-order valence-electron chi connectivity index (χ1n) is 7.00. The summed E-state index contributed by atoms with van der Waals surface area (Å²) in [4.78, 5) is 0. The van der Waals surface area contributed by atoms with Crippen LogP contribution in [0, 0.1) is 11.7 Å². The molecule has 1 saturated carbocycles. The van der Waals surface area contributed by atoms with Gasteiger partial charge in [-0.15, -0.1) is 0 Å². The zero-order valence-corrected chi connectivity index (χ0v) is 11.1. The van der Waals surface area contributed by atoms with E-state index in [1.54, 1.807) is 6.07 Å². The predicted molar refractivity (Wildman–Crippen MR) is 75.1 cm³/mol. The lowest BCUT2D eigenvalue weighted by Crippen LogP contribution is -2.26. The van der Waals surface area contributed by atoms with Crippen LogP contribution in [-0.4, -0.2) is 6.04 Å². The Morgan fingerprint density at radius 2 is 2.00 bits per heavy atom. The van der Waals surface area contributed by atoms with Crippen LogP contribution >= 0.6 is 0 Å². The molecule has 1 aromatic rings. The van der Waals surface area contributed by atoms with E-state index in [2.05, 4.69) is 12.2 Å². The number of nitrogen functional groups attached to an aromatic ring is 1. The summed E-state index contributed by atoms with van der Waals surface area (Å²) in [6.45, 7) is 2.25. The fourth-order valence-electron chi connectivity index (χ4n) is 2.89. The lowest BCUT2D eigenvalue weighted by molar-refractivity contribution is 0.319. The molecule has 0 bridgehead atoms. The summed E-state index contributed by atoms with van der Waals surface area (Å²) in [6.07, 6.45) is 7.63. The first-order valence-corrected chi connectivity index (χ1v) is 7.00. The lowest BCUT2D eigenvalue weighted by Gasteiger charge is -2.30. The number of halogens is 1. The molecule has 1 aliphatic rings. The van der Waals surface area contributed by atoms with Crippen molar-refractivity contribution in [3.63, 3.8) is 0 Å². The second kappa shape index (κ2) is 6.07. The number of hydrogen-bond donors (Lipinski definition) is 2. The molecule has 0 unspecified atom stereocenters. The maximum absolute atomic E-state index is 13.0. The minimum absolute atomic E-state index is 0.273. The van der Waals surface area contributed by atoms with Crippen molar-refractivity contribution in [3.05, 3.63) is 24.0 Å². The van der Waals surface area contributed by atoms with Crippen LogP contribution in [0.15, 0.2) is 18.2 Å². The quantitative estimate of drug-likeness (QED) is 0.787. The van der Waals surface area contributed by atoms with Gasteiger partial charge in [-0.3, -0.25) is 0 Å². The van der Waals surface area contributed by atoms with Gasteiger partial charge in [0.25, 0.3) is 0 Å². The number of benzene rings is 1. The van der Waals surface area contributed by atoms with E-state index < -0.39 is 0 Å². The highest BCUT2D eigenvalue weighted by atomic mass is 19.1. The van der Waals surface area contributed by atoms with Crippen molar-refractivity contribution >= 4 is 11.4 Å². The summed E-state index contributed by atoms with van der Waals surface area (Å²) in [5.74, 6) is 0.628. The average molecular weight is 250 g/mol. The van der Waals surface area contributed by atoms with E-state index in [1.807, 2.05) is 0 Å². The molecule has 0 spiro atoms. The average Bonchev–Trinajstić information content (AvgIpc) is 2.35. The maximum Gasteiger partial charge on any atom is 0.125 e. The summed E-state index contributed by atoms with van der Waals surface area (Å²) in [7, 11) is 0. The Hall–Kier alpha value is -1.25. The van der Waals surface area contributed by atoms with Crippen molar-refractivity contribution in [1.29, 1.82) is 0 Å². The zero-order chi connectivity index (χ0) is 13.0. The van der Waals surface area contributed by atoms with Gasteiger partial charge in [-0.25, -0.2) is 4.39 Å². The van der Waals surface area contributed by atoms with Crippen molar-refractivity contribution in [1.82, 2.24) is 0 Å². The summed E-state index contributed by atoms with van der Waals surface area (Å²) >= 11 is 0. The fraction of sp³-hybridized carbons (Fsp3) is 0.600. The Labute approximate surface area is 109 Å². The Kier molecular flexibility index (Phi) is 4.45. The summed E-state index contributed by atoms with van der Waals surface area (Å²) in [6, 6.07) is 5.07. The minimum atomic E-state index is -0.273. The van der Waals surface area contributed by atoms with Crippen molar-refractivity contribution in [2.75, 3.05) is 11.1 Å². The summed E-state index contributed by atoms with van der Waals surface area (Å²) < 4.78 is 13.0. The second-order valence-electron chi connectivity index (χ2n) is 5.38. The highest BCUT2D eigenvalue weighted by Gasteiger charge is 2.20. The van der Waals surface area contributed by atoms with E-state index in [1.165, 1.54) is 50.7 Å². The molecule has 1 aliphatic carbocycles. The molecule has 0 atom stereocenters. The molecule has 1 aromatic carbocycles. The van der Waals surface area contributed by atoms with Crippen molar-refractivity contribution in [2.24, 2.45) is 5.92 Å². The van der Waals surface area contributed by atoms with Crippen LogP contribution in [0.25, 0.3) is 0 Å².